The molecule has 0 bridgehead atoms. The van der Waals surface area contributed by atoms with Gasteiger partial charge in [0.25, 0.3) is 0 Å². The van der Waals surface area contributed by atoms with Crippen molar-refractivity contribution in [3.8, 4) is 0 Å². The van der Waals surface area contributed by atoms with Gasteiger partial charge in [0.2, 0.25) is 0 Å². The van der Waals surface area contributed by atoms with Crippen molar-refractivity contribution in [3.63, 3.8) is 0 Å². The molecule has 0 rings (SSSR count). The highest BCUT2D eigenvalue weighted by Gasteiger charge is 2.18. The Bertz CT molecular complexity index is 51.8. The zero-order chi connectivity index (χ0) is 7.33. The molecule has 0 N–H and O–H groups in total. The molecule has 0 spiro atoms. The summed E-state index contributed by atoms with van der Waals surface area (Å²) < 4.78 is 0. The highest BCUT2D eigenvalue weighted by Crippen LogP contribution is 2.32. The first kappa shape index (κ1) is 9.26. The summed E-state index contributed by atoms with van der Waals surface area (Å²) in [5.41, 5.74) is -0.222. The molecule has 8 radical (unpaired) electrons. The van der Waals surface area contributed by atoms with Crippen LogP contribution in [0.1, 0.15) is 0 Å². The van der Waals surface area contributed by atoms with E-state index in [1.165, 1.54) is 0 Å². The number of hydrogen-bond donors (Lipinski definition) is 0. The Labute approximate surface area is 62.8 Å². The predicted molar refractivity (Wildman–Crippen MR) is 44.7 cm³/mol. The molecule has 9 heavy (non-hydrogen) atoms. The maximum atomic E-state index is 5.40. The van der Waals surface area contributed by atoms with Crippen LogP contribution in [0.2, 0.25) is 25.3 Å². The third kappa shape index (κ3) is 2.15. The van der Waals surface area contributed by atoms with Gasteiger partial charge in [-0.2, -0.15) is 0 Å². The molecule has 0 atom stereocenters. The lowest BCUT2D eigenvalue weighted by atomic mass is 9.57. The summed E-state index contributed by atoms with van der Waals surface area (Å²) >= 11 is 0. The Morgan fingerprint density at radius 2 is 0.889 bits per heavy atom. The summed E-state index contributed by atoms with van der Waals surface area (Å²) in [4.78, 5) is 0. The molecule has 0 heterocycles. The molecule has 0 aromatic carbocycles. The van der Waals surface area contributed by atoms with Crippen LogP contribution in [0.5, 0.6) is 0 Å². The second-order valence-electron chi connectivity index (χ2n) is 2.32. The minimum absolute atomic E-state index is 0.222. The lowest BCUT2D eigenvalue weighted by Crippen LogP contribution is -2.18. The van der Waals surface area contributed by atoms with Gasteiger partial charge in [-0.15, -0.1) is 0 Å². The second-order valence-corrected chi connectivity index (χ2v) is 2.32. The van der Waals surface area contributed by atoms with Crippen molar-refractivity contribution < 1.29 is 0 Å². The highest BCUT2D eigenvalue weighted by atomic mass is 14.2. The second kappa shape index (κ2) is 4.14. The van der Waals surface area contributed by atoms with Gasteiger partial charge < -0.3 is 0 Å². The van der Waals surface area contributed by atoms with Gasteiger partial charge in [0.15, 0.2) is 0 Å². The van der Waals surface area contributed by atoms with Crippen molar-refractivity contribution in [1.29, 1.82) is 0 Å². The fraction of sp³-hybridized carbons (Fsp3) is 1.00. The van der Waals surface area contributed by atoms with Gasteiger partial charge >= 0.3 is 0 Å². The third-order valence-electron chi connectivity index (χ3n) is 1.73. The van der Waals surface area contributed by atoms with Crippen LogP contribution in [-0.4, -0.2) is 31.4 Å². The van der Waals surface area contributed by atoms with E-state index in [-0.39, 0.29) is 5.41 Å². The van der Waals surface area contributed by atoms with E-state index in [1.54, 1.807) is 0 Å². The van der Waals surface area contributed by atoms with Crippen LogP contribution in [-0.2, 0) is 0 Å². The van der Waals surface area contributed by atoms with Crippen LogP contribution < -0.4 is 0 Å². The first-order valence-corrected chi connectivity index (χ1v) is 3.05. The smallest absolute Gasteiger partial charge is 0.0659 e. The Balaban J connectivity index is 3.82. The standard InChI is InChI=1S/C5H8B4/c6-1-5(2-7,3-8)4-9/h1-4H2. The van der Waals surface area contributed by atoms with Crippen LogP contribution in [0, 0.1) is 5.41 Å². The van der Waals surface area contributed by atoms with Gasteiger partial charge in [0.05, 0.1) is 31.4 Å². The van der Waals surface area contributed by atoms with Crippen molar-refractivity contribution >= 4 is 31.4 Å². The van der Waals surface area contributed by atoms with Crippen LogP contribution in [0.4, 0.5) is 0 Å². The maximum Gasteiger partial charge on any atom is 0.0659 e. The molecule has 0 amide bonds. The van der Waals surface area contributed by atoms with Crippen molar-refractivity contribution in [2.24, 2.45) is 5.41 Å². The largest absolute Gasteiger partial charge is 0.0852 e. The minimum atomic E-state index is -0.222. The first-order valence-electron chi connectivity index (χ1n) is 3.05. The Hall–Kier alpha value is 0.260. The Kier molecular flexibility index (Phi) is 4.25. The normalized spacial score (nSPS) is 11.6. The van der Waals surface area contributed by atoms with Crippen molar-refractivity contribution in [2.45, 2.75) is 25.3 Å². The summed E-state index contributed by atoms with van der Waals surface area (Å²) in [5.74, 6) is 0. The maximum absolute atomic E-state index is 5.40. The molecule has 0 fully saturated rings. The van der Waals surface area contributed by atoms with E-state index in [9.17, 15) is 0 Å². The van der Waals surface area contributed by atoms with Crippen LogP contribution in [0.25, 0.3) is 0 Å². The fourth-order valence-electron chi connectivity index (χ4n) is 0.500. The molecule has 0 saturated heterocycles. The van der Waals surface area contributed by atoms with Gasteiger partial charge in [-0.05, 0) is 0 Å². The highest BCUT2D eigenvalue weighted by molar-refractivity contribution is 6.18. The predicted octanol–water partition coefficient (Wildman–Crippen LogP) is 0.320. The van der Waals surface area contributed by atoms with E-state index in [1.807, 2.05) is 0 Å². The van der Waals surface area contributed by atoms with Crippen LogP contribution in [0.3, 0.4) is 0 Å². The lowest BCUT2D eigenvalue weighted by molar-refractivity contribution is 0.469. The van der Waals surface area contributed by atoms with Crippen LogP contribution in [0.15, 0.2) is 0 Å². The van der Waals surface area contributed by atoms with Crippen molar-refractivity contribution in [2.75, 3.05) is 0 Å². The molecule has 0 aromatic heterocycles. The average molecular weight is 111 g/mol. The molecule has 0 aliphatic heterocycles. The van der Waals surface area contributed by atoms with Gasteiger partial charge in [-0.1, -0.05) is 30.7 Å². The Morgan fingerprint density at radius 3 is 0.889 bits per heavy atom. The molecule has 4 heteroatoms. The average Bonchev–Trinajstić information content (AvgIpc) is 1.95. The summed E-state index contributed by atoms with van der Waals surface area (Å²) in [5, 5.41) is 0. The van der Waals surface area contributed by atoms with Crippen molar-refractivity contribution in [3.05, 3.63) is 0 Å². The summed E-state index contributed by atoms with van der Waals surface area (Å²) in [6, 6.07) is 0. The van der Waals surface area contributed by atoms with Gasteiger partial charge in [0, 0.05) is 0 Å². The van der Waals surface area contributed by atoms with E-state index in [2.05, 4.69) is 0 Å². The summed E-state index contributed by atoms with van der Waals surface area (Å²) in [6.45, 7) is 0. The Morgan fingerprint density at radius 1 is 0.667 bits per heavy atom. The summed E-state index contributed by atoms with van der Waals surface area (Å²) in [6.07, 6.45) is 1.88. The van der Waals surface area contributed by atoms with E-state index in [0.29, 0.717) is 25.3 Å². The fourth-order valence-corrected chi connectivity index (χ4v) is 0.500. The molecule has 0 aliphatic carbocycles. The minimum Gasteiger partial charge on any atom is -0.0852 e. The van der Waals surface area contributed by atoms with E-state index < -0.39 is 0 Å². The molecule has 0 nitrogen and oxygen atoms in total. The summed E-state index contributed by atoms with van der Waals surface area (Å²) in [7, 11) is 21.6. The number of rotatable bonds is 4. The van der Waals surface area contributed by atoms with Gasteiger partial charge in [-0.3, -0.25) is 0 Å². The zero-order valence-electron chi connectivity index (χ0n) is 5.64. The van der Waals surface area contributed by atoms with Crippen molar-refractivity contribution in [1.82, 2.24) is 0 Å². The molecule has 0 aromatic rings. The molecular formula is C5H8B4. The third-order valence-corrected chi connectivity index (χ3v) is 1.73. The lowest BCUT2D eigenvalue weighted by Gasteiger charge is -2.30. The molecular weight excluding hydrogens is 103 g/mol. The zero-order valence-corrected chi connectivity index (χ0v) is 5.64. The monoisotopic (exact) mass is 112 g/mol. The van der Waals surface area contributed by atoms with E-state index in [0.717, 1.165) is 0 Å². The van der Waals surface area contributed by atoms with Crippen LogP contribution >= 0.6 is 0 Å². The van der Waals surface area contributed by atoms with Gasteiger partial charge in [0.1, 0.15) is 0 Å². The first-order chi connectivity index (χ1) is 4.24. The molecule has 40 valence electrons. The number of hydrogen-bond acceptors (Lipinski definition) is 0. The molecule has 0 unspecified atom stereocenters. The quantitative estimate of drug-likeness (QED) is 0.458. The van der Waals surface area contributed by atoms with E-state index in [4.69, 9.17) is 31.4 Å². The van der Waals surface area contributed by atoms with Gasteiger partial charge in [-0.25, -0.2) is 0 Å². The molecule has 0 aliphatic rings. The SMILES string of the molecule is [B]CC(C[B])(C[B])C[B]. The van der Waals surface area contributed by atoms with E-state index >= 15 is 0 Å². The molecule has 0 saturated carbocycles. The topological polar surface area (TPSA) is 0 Å².